The number of halogens is 2. The first kappa shape index (κ1) is 13.9. The SMILES string of the molecule is Cl.Nc1ccccc1SCc1ccccc1F. The van der Waals surface area contributed by atoms with Gasteiger partial charge in [0.05, 0.1) is 0 Å². The summed E-state index contributed by atoms with van der Waals surface area (Å²) >= 11 is 1.55. The lowest BCUT2D eigenvalue weighted by Gasteiger charge is -2.05. The van der Waals surface area contributed by atoms with Crippen molar-refractivity contribution in [2.24, 2.45) is 0 Å². The molecule has 0 bridgehead atoms. The van der Waals surface area contributed by atoms with E-state index in [2.05, 4.69) is 0 Å². The maximum atomic E-state index is 13.3. The number of rotatable bonds is 3. The molecule has 0 aliphatic rings. The minimum Gasteiger partial charge on any atom is -0.398 e. The lowest BCUT2D eigenvalue weighted by atomic mass is 10.2. The molecule has 0 fully saturated rings. The van der Waals surface area contributed by atoms with Gasteiger partial charge < -0.3 is 5.73 Å². The quantitative estimate of drug-likeness (QED) is 0.670. The van der Waals surface area contributed by atoms with Gasteiger partial charge in [0.1, 0.15) is 5.82 Å². The molecule has 2 N–H and O–H groups in total. The second-order valence-electron chi connectivity index (χ2n) is 3.42. The Morgan fingerprint density at radius 2 is 1.65 bits per heavy atom. The Labute approximate surface area is 111 Å². The van der Waals surface area contributed by atoms with Crippen molar-refractivity contribution in [3.05, 3.63) is 59.9 Å². The van der Waals surface area contributed by atoms with Crippen LogP contribution in [0.2, 0.25) is 0 Å². The van der Waals surface area contributed by atoms with E-state index in [-0.39, 0.29) is 18.2 Å². The summed E-state index contributed by atoms with van der Waals surface area (Å²) in [6.45, 7) is 0. The molecule has 0 heterocycles. The molecule has 0 unspecified atom stereocenters. The smallest absolute Gasteiger partial charge is 0.127 e. The molecule has 2 aromatic carbocycles. The van der Waals surface area contributed by atoms with Crippen molar-refractivity contribution in [3.8, 4) is 0 Å². The summed E-state index contributed by atoms with van der Waals surface area (Å²) in [7, 11) is 0. The Bertz CT molecular complexity index is 445. The topological polar surface area (TPSA) is 26.0 Å². The molecule has 2 aromatic rings. The molecule has 0 aromatic heterocycles. The van der Waals surface area contributed by atoms with Gasteiger partial charge in [-0.25, -0.2) is 4.39 Å². The van der Waals surface area contributed by atoms with Crippen molar-refractivity contribution in [1.82, 2.24) is 0 Å². The van der Waals surface area contributed by atoms with Crippen LogP contribution in [-0.2, 0) is 5.75 Å². The average Bonchev–Trinajstić information content (AvgIpc) is 2.30. The van der Waals surface area contributed by atoms with Crippen molar-refractivity contribution in [3.63, 3.8) is 0 Å². The van der Waals surface area contributed by atoms with Crippen LogP contribution in [0.5, 0.6) is 0 Å². The number of nitrogens with two attached hydrogens (primary N) is 1. The van der Waals surface area contributed by atoms with E-state index in [1.807, 2.05) is 30.3 Å². The number of para-hydroxylation sites is 1. The molecule has 0 aliphatic heterocycles. The molecule has 0 saturated carbocycles. The molecule has 1 nitrogen and oxygen atoms in total. The van der Waals surface area contributed by atoms with E-state index in [1.54, 1.807) is 23.9 Å². The normalized spacial score (nSPS) is 9.71. The number of hydrogen-bond donors (Lipinski definition) is 1. The van der Waals surface area contributed by atoms with Gasteiger partial charge in [-0.2, -0.15) is 0 Å². The molecule has 0 amide bonds. The van der Waals surface area contributed by atoms with Crippen LogP contribution in [0.25, 0.3) is 0 Å². The monoisotopic (exact) mass is 269 g/mol. The minimum atomic E-state index is -0.162. The highest BCUT2D eigenvalue weighted by Crippen LogP contribution is 2.28. The zero-order valence-electron chi connectivity index (χ0n) is 9.10. The van der Waals surface area contributed by atoms with Crippen LogP contribution in [-0.4, -0.2) is 0 Å². The highest BCUT2D eigenvalue weighted by molar-refractivity contribution is 7.98. The van der Waals surface area contributed by atoms with E-state index in [0.717, 1.165) is 10.6 Å². The Morgan fingerprint density at radius 3 is 2.35 bits per heavy atom. The number of anilines is 1. The van der Waals surface area contributed by atoms with Crippen LogP contribution in [0, 0.1) is 5.82 Å². The van der Waals surface area contributed by atoms with Crippen molar-refractivity contribution in [1.29, 1.82) is 0 Å². The second kappa shape index (κ2) is 6.52. The van der Waals surface area contributed by atoms with Crippen LogP contribution in [0.4, 0.5) is 10.1 Å². The van der Waals surface area contributed by atoms with Gasteiger partial charge in [-0.1, -0.05) is 30.3 Å². The van der Waals surface area contributed by atoms with E-state index in [0.29, 0.717) is 11.3 Å². The van der Waals surface area contributed by atoms with Crippen LogP contribution in [0.15, 0.2) is 53.4 Å². The van der Waals surface area contributed by atoms with Crippen molar-refractivity contribution in [2.75, 3.05) is 5.73 Å². The van der Waals surface area contributed by atoms with Gasteiger partial charge >= 0.3 is 0 Å². The fraction of sp³-hybridized carbons (Fsp3) is 0.0769. The first-order valence-corrected chi connectivity index (χ1v) is 5.96. The standard InChI is InChI=1S/C13H12FNS.ClH/c14-11-6-2-1-5-10(11)9-16-13-8-4-3-7-12(13)15;/h1-8H,9,15H2;1H. The Kier molecular flexibility index (Phi) is 5.32. The summed E-state index contributed by atoms with van der Waals surface area (Å²) in [4.78, 5) is 0.991. The van der Waals surface area contributed by atoms with Crippen LogP contribution in [0.1, 0.15) is 5.56 Å². The summed E-state index contributed by atoms with van der Waals surface area (Å²) in [6.07, 6.45) is 0. The van der Waals surface area contributed by atoms with Crippen molar-refractivity contribution in [2.45, 2.75) is 10.6 Å². The lowest BCUT2D eigenvalue weighted by Crippen LogP contribution is -1.90. The highest BCUT2D eigenvalue weighted by Gasteiger charge is 2.03. The maximum absolute atomic E-state index is 13.3. The van der Waals surface area contributed by atoms with Crippen LogP contribution < -0.4 is 5.73 Å². The van der Waals surface area contributed by atoms with Gasteiger partial charge in [0.2, 0.25) is 0 Å². The molecule has 0 atom stereocenters. The van der Waals surface area contributed by atoms with E-state index in [9.17, 15) is 4.39 Å². The minimum absolute atomic E-state index is 0. The fourth-order valence-corrected chi connectivity index (χ4v) is 2.34. The maximum Gasteiger partial charge on any atom is 0.127 e. The molecule has 0 saturated heterocycles. The summed E-state index contributed by atoms with van der Waals surface area (Å²) < 4.78 is 13.3. The Balaban J connectivity index is 0.00000144. The molecule has 0 radical (unpaired) electrons. The number of benzene rings is 2. The number of thioether (sulfide) groups is 1. The van der Waals surface area contributed by atoms with Gasteiger partial charge in [0, 0.05) is 16.3 Å². The lowest BCUT2D eigenvalue weighted by molar-refractivity contribution is 0.617. The van der Waals surface area contributed by atoms with Gasteiger partial charge in [0.15, 0.2) is 0 Å². The molecule has 17 heavy (non-hydrogen) atoms. The molecule has 4 heteroatoms. The number of nitrogen functional groups attached to an aromatic ring is 1. The third-order valence-electron chi connectivity index (χ3n) is 2.26. The largest absolute Gasteiger partial charge is 0.398 e. The average molecular weight is 270 g/mol. The molecular weight excluding hydrogens is 257 g/mol. The Morgan fingerprint density at radius 1 is 1.00 bits per heavy atom. The molecule has 90 valence electrons. The zero-order valence-corrected chi connectivity index (χ0v) is 10.7. The first-order valence-electron chi connectivity index (χ1n) is 4.98. The summed E-state index contributed by atoms with van der Waals surface area (Å²) in [6, 6.07) is 14.4. The molecule has 2 rings (SSSR count). The van der Waals surface area contributed by atoms with E-state index < -0.39 is 0 Å². The van der Waals surface area contributed by atoms with Gasteiger partial charge in [-0.05, 0) is 23.8 Å². The fourth-order valence-electron chi connectivity index (χ4n) is 1.38. The number of hydrogen-bond acceptors (Lipinski definition) is 2. The summed E-state index contributed by atoms with van der Waals surface area (Å²) in [5, 5.41) is 0. The predicted molar refractivity (Wildman–Crippen MR) is 74.1 cm³/mol. The molecule has 0 spiro atoms. The van der Waals surface area contributed by atoms with Crippen LogP contribution in [0.3, 0.4) is 0 Å². The van der Waals surface area contributed by atoms with Crippen molar-refractivity contribution < 1.29 is 4.39 Å². The van der Waals surface area contributed by atoms with E-state index >= 15 is 0 Å². The zero-order chi connectivity index (χ0) is 11.4. The van der Waals surface area contributed by atoms with Gasteiger partial charge in [0.25, 0.3) is 0 Å². The molecular formula is C13H13ClFNS. The van der Waals surface area contributed by atoms with Crippen molar-refractivity contribution >= 4 is 29.9 Å². The third kappa shape index (κ3) is 3.65. The first-order chi connectivity index (χ1) is 7.77. The third-order valence-corrected chi connectivity index (χ3v) is 3.40. The van der Waals surface area contributed by atoms with E-state index in [4.69, 9.17) is 5.73 Å². The molecule has 0 aliphatic carbocycles. The Hall–Kier alpha value is -1.19. The highest BCUT2D eigenvalue weighted by atomic mass is 35.5. The van der Waals surface area contributed by atoms with Crippen LogP contribution >= 0.6 is 24.2 Å². The second-order valence-corrected chi connectivity index (χ2v) is 4.44. The van der Waals surface area contributed by atoms with Gasteiger partial charge in [-0.3, -0.25) is 0 Å². The van der Waals surface area contributed by atoms with Gasteiger partial charge in [-0.15, -0.1) is 24.2 Å². The summed E-state index contributed by atoms with van der Waals surface area (Å²) in [5.41, 5.74) is 7.25. The summed E-state index contributed by atoms with van der Waals surface area (Å²) in [5.74, 6) is 0.436. The van der Waals surface area contributed by atoms with E-state index in [1.165, 1.54) is 6.07 Å². The predicted octanol–water partition coefficient (Wildman–Crippen LogP) is 4.12.